The minimum Gasteiger partial charge on any atom is -0.365 e. The fourth-order valence-corrected chi connectivity index (χ4v) is 4.63. The fraction of sp³-hybridized carbons (Fsp3) is 0.389. The van der Waals surface area contributed by atoms with E-state index >= 15 is 0 Å². The highest BCUT2D eigenvalue weighted by atomic mass is 32.1. The van der Waals surface area contributed by atoms with Crippen LogP contribution in [-0.2, 0) is 16.8 Å². The molecule has 0 saturated carbocycles. The molecule has 3 N–H and O–H groups in total. The van der Waals surface area contributed by atoms with Crippen LogP contribution in [-0.4, -0.2) is 22.4 Å². The van der Waals surface area contributed by atoms with Crippen LogP contribution in [0.25, 0.3) is 0 Å². The first-order valence-corrected chi connectivity index (χ1v) is 8.92. The van der Waals surface area contributed by atoms with E-state index in [1.165, 1.54) is 23.5 Å². The second kappa shape index (κ2) is 6.14. The van der Waals surface area contributed by atoms with Gasteiger partial charge in [-0.25, -0.2) is 4.98 Å². The Labute approximate surface area is 154 Å². The molecule has 138 valence electrons. The quantitative estimate of drug-likeness (QED) is 0.803. The molecule has 0 saturated heterocycles. The largest absolute Gasteiger partial charge is 0.365 e. The Hall–Kier alpha value is -2.32. The Balaban J connectivity index is 2.05. The maximum absolute atomic E-state index is 13.3. The number of anilines is 1. The summed E-state index contributed by atoms with van der Waals surface area (Å²) in [6, 6.07) is 3.94. The van der Waals surface area contributed by atoms with Gasteiger partial charge in [0.15, 0.2) is 0 Å². The molecule has 2 aromatic heterocycles. The molecule has 2 amide bonds. The normalized spacial score (nSPS) is 17.4. The standard InChI is InChI=1S/C18H20FN3O3S/c1-17(2)8-9-12(14(20)23)16(26-13(9)18(3,4)25-17)22-15(24)10-6-5-7-11(19)21-10/h5-7H,8H2,1-4H3,(H2,20,23)(H,22,24). The van der Waals surface area contributed by atoms with Crippen LogP contribution in [0.1, 0.15) is 59.0 Å². The summed E-state index contributed by atoms with van der Waals surface area (Å²) in [6.45, 7) is 7.70. The maximum Gasteiger partial charge on any atom is 0.274 e. The van der Waals surface area contributed by atoms with Crippen LogP contribution < -0.4 is 11.1 Å². The van der Waals surface area contributed by atoms with Crippen LogP contribution in [0, 0.1) is 5.95 Å². The van der Waals surface area contributed by atoms with E-state index in [1.54, 1.807) is 0 Å². The second-order valence-electron chi connectivity index (χ2n) is 7.33. The van der Waals surface area contributed by atoms with Crippen molar-refractivity contribution in [3.8, 4) is 0 Å². The first kappa shape index (κ1) is 18.5. The third kappa shape index (κ3) is 3.34. The van der Waals surface area contributed by atoms with Gasteiger partial charge in [0.1, 0.15) is 10.7 Å². The summed E-state index contributed by atoms with van der Waals surface area (Å²) in [7, 11) is 0. The van der Waals surface area contributed by atoms with E-state index < -0.39 is 29.0 Å². The zero-order chi connectivity index (χ0) is 19.3. The molecule has 0 spiro atoms. The van der Waals surface area contributed by atoms with Gasteiger partial charge in [-0.2, -0.15) is 4.39 Å². The fourth-order valence-electron chi connectivity index (χ4n) is 3.37. The number of hydrogen-bond acceptors (Lipinski definition) is 5. The highest BCUT2D eigenvalue weighted by Gasteiger charge is 2.42. The van der Waals surface area contributed by atoms with E-state index in [-0.39, 0.29) is 11.3 Å². The lowest BCUT2D eigenvalue weighted by Gasteiger charge is -2.41. The van der Waals surface area contributed by atoms with Crippen molar-refractivity contribution in [2.45, 2.75) is 45.3 Å². The minimum atomic E-state index is -0.755. The molecule has 2 aromatic rings. The van der Waals surface area contributed by atoms with E-state index in [1.807, 2.05) is 27.7 Å². The highest BCUT2D eigenvalue weighted by molar-refractivity contribution is 7.17. The number of aromatic nitrogens is 1. The number of carbonyl (C=O) groups excluding carboxylic acids is 2. The summed E-state index contributed by atoms with van der Waals surface area (Å²) >= 11 is 1.25. The van der Waals surface area contributed by atoms with E-state index in [9.17, 15) is 14.0 Å². The van der Waals surface area contributed by atoms with Crippen LogP contribution in [0.2, 0.25) is 0 Å². The molecule has 0 unspecified atom stereocenters. The molecule has 0 fully saturated rings. The zero-order valence-corrected chi connectivity index (χ0v) is 15.8. The van der Waals surface area contributed by atoms with E-state index in [0.29, 0.717) is 11.4 Å². The molecule has 6 nitrogen and oxygen atoms in total. The van der Waals surface area contributed by atoms with Gasteiger partial charge in [0.25, 0.3) is 11.8 Å². The second-order valence-corrected chi connectivity index (χ2v) is 8.35. The zero-order valence-electron chi connectivity index (χ0n) is 15.0. The molecule has 0 bridgehead atoms. The molecule has 26 heavy (non-hydrogen) atoms. The van der Waals surface area contributed by atoms with Crippen molar-refractivity contribution in [3.05, 3.63) is 45.8 Å². The highest BCUT2D eigenvalue weighted by Crippen LogP contribution is 2.48. The minimum absolute atomic E-state index is 0.0809. The SMILES string of the molecule is CC1(C)Cc2c(sc(NC(=O)c3cccc(F)n3)c2C(N)=O)C(C)(C)O1. The number of carbonyl (C=O) groups is 2. The maximum atomic E-state index is 13.3. The molecule has 1 aliphatic rings. The van der Waals surface area contributed by atoms with Gasteiger partial charge in [0, 0.05) is 11.3 Å². The number of primary amides is 1. The van der Waals surface area contributed by atoms with Crippen LogP contribution in [0.3, 0.4) is 0 Å². The monoisotopic (exact) mass is 377 g/mol. The van der Waals surface area contributed by atoms with Gasteiger partial charge in [0.2, 0.25) is 5.95 Å². The Kier molecular flexibility index (Phi) is 4.36. The van der Waals surface area contributed by atoms with Crippen LogP contribution in [0.15, 0.2) is 18.2 Å². The number of fused-ring (bicyclic) bond motifs is 1. The van der Waals surface area contributed by atoms with Crippen LogP contribution >= 0.6 is 11.3 Å². The molecule has 1 aliphatic heterocycles. The van der Waals surface area contributed by atoms with E-state index in [4.69, 9.17) is 10.5 Å². The third-order valence-corrected chi connectivity index (χ3v) is 5.56. The van der Waals surface area contributed by atoms with Crippen molar-refractivity contribution in [2.75, 3.05) is 5.32 Å². The van der Waals surface area contributed by atoms with Crippen molar-refractivity contribution < 1.29 is 18.7 Å². The molecule has 3 heterocycles. The van der Waals surface area contributed by atoms with E-state index in [2.05, 4.69) is 10.3 Å². The number of nitrogens with two attached hydrogens (primary N) is 1. The molecular weight excluding hydrogens is 357 g/mol. The van der Waals surface area contributed by atoms with Gasteiger partial charge in [-0.3, -0.25) is 9.59 Å². The lowest BCUT2D eigenvalue weighted by atomic mass is 9.86. The first-order chi connectivity index (χ1) is 12.0. The molecule has 3 rings (SSSR count). The number of amides is 2. The summed E-state index contributed by atoms with van der Waals surface area (Å²) in [4.78, 5) is 28.9. The van der Waals surface area contributed by atoms with Gasteiger partial charge in [-0.15, -0.1) is 11.3 Å². The number of halogens is 1. The summed E-state index contributed by atoms with van der Waals surface area (Å²) < 4.78 is 19.4. The molecule has 0 radical (unpaired) electrons. The van der Waals surface area contributed by atoms with Gasteiger partial charge in [0.05, 0.1) is 16.8 Å². The average Bonchev–Trinajstić information content (AvgIpc) is 2.84. The van der Waals surface area contributed by atoms with Gasteiger partial charge in [-0.1, -0.05) is 6.07 Å². The van der Waals surface area contributed by atoms with Crippen molar-refractivity contribution in [2.24, 2.45) is 5.73 Å². The lowest BCUT2D eigenvalue weighted by Crippen LogP contribution is -2.42. The van der Waals surface area contributed by atoms with Crippen molar-refractivity contribution >= 4 is 28.2 Å². The molecule has 8 heteroatoms. The number of pyridine rings is 1. The van der Waals surface area contributed by atoms with Crippen molar-refractivity contribution in [1.29, 1.82) is 0 Å². The predicted molar refractivity (Wildman–Crippen MR) is 96.9 cm³/mol. The van der Waals surface area contributed by atoms with Crippen molar-refractivity contribution in [3.63, 3.8) is 0 Å². The third-order valence-electron chi connectivity index (χ3n) is 4.11. The number of hydrogen-bond donors (Lipinski definition) is 2. The van der Waals surface area contributed by atoms with Gasteiger partial charge in [-0.05, 0) is 45.4 Å². The Bertz CT molecular complexity index is 905. The molecule has 0 atom stereocenters. The summed E-state index contributed by atoms with van der Waals surface area (Å²) in [6.07, 6.45) is 0.495. The number of rotatable bonds is 3. The average molecular weight is 377 g/mol. The summed E-state index contributed by atoms with van der Waals surface area (Å²) in [5.74, 6) is -1.99. The van der Waals surface area contributed by atoms with Gasteiger partial charge >= 0.3 is 0 Å². The Morgan fingerprint density at radius 3 is 2.62 bits per heavy atom. The smallest absolute Gasteiger partial charge is 0.274 e. The summed E-state index contributed by atoms with van der Waals surface area (Å²) in [5, 5.41) is 2.98. The Morgan fingerprint density at radius 2 is 2.00 bits per heavy atom. The number of ether oxygens (including phenoxy) is 1. The summed E-state index contributed by atoms with van der Waals surface area (Å²) in [5.41, 5.74) is 5.47. The van der Waals surface area contributed by atoms with Crippen molar-refractivity contribution in [1.82, 2.24) is 4.98 Å². The predicted octanol–water partition coefficient (Wildman–Crippen LogP) is 3.22. The number of nitrogens with one attached hydrogen (secondary N) is 1. The van der Waals surface area contributed by atoms with E-state index in [0.717, 1.165) is 16.5 Å². The number of thiophene rings is 1. The Morgan fingerprint density at radius 1 is 1.31 bits per heavy atom. The topological polar surface area (TPSA) is 94.3 Å². The molecular formula is C18H20FN3O3S. The number of nitrogens with zero attached hydrogens (tertiary/aromatic N) is 1. The van der Waals surface area contributed by atoms with Crippen LogP contribution in [0.4, 0.5) is 9.39 Å². The molecule has 0 aromatic carbocycles. The molecule has 0 aliphatic carbocycles. The first-order valence-electron chi connectivity index (χ1n) is 8.10. The van der Waals surface area contributed by atoms with Crippen LogP contribution in [0.5, 0.6) is 0 Å². The lowest BCUT2D eigenvalue weighted by molar-refractivity contribution is -0.135. The van der Waals surface area contributed by atoms with Gasteiger partial charge < -0.3 is 15.8 Å².